The van der Waals surface area contributed by atoms with Gasteiger partial charge in [-0.15, -0.1) is 11.3 Å². The zero-order chi connectivity index (χ0) is 12.5. The molecule has 0 fully saturated rings. The lowest BCUT2D eigenvalue weighted by Crippen LogP contribution is -2.34. The molecule has 0 bridgehead atoms. The van der Waals surface area contributed by atoms with Crippen LogP contribution in [0.3, 0.4) is 0 Å². The molecule has 0 aliphatic heterocycles. The second-order valence-corrected chi connectivity index (χ2v) is 5.03. The quantitative estimate of drug-likeness (QED) is 0.726. The largest absolute Gasteiger partial charge is 0.464 e. The number of ether oxygens (including phenoxy) is 1. The molecular weight excluding hydrogens is 234 g/mol. The number of hydrogen-bond donors (Lipinski definition) is 1. The first-order valence-electron chi connectivity index (χ1n) is 6.17. The predicted molar refractivity (Wildman–Crippen MR) is 71.4 cm³/mol. The fraction of sp³-hybridized carbons (Fsp3) is 0.615. The van der Waals surface area contributed by atoms with Gasteiger partial charge in [0.05, 0.1) is 6.42 Å². The summed E-state index contributed by atoms with van der Waals surface area (Å²) < 4.78 is 5.27. The summed E-state index contributed by atoms with van der Waals surface area (Å²) in [5.41, 5.74) is 0. The lowest BCUT2D eigenvalue weighted by atomic mass is 10.2. The lowest BCUT2D eigenvalue weighted by Gasteiger charge is -2.16. The Kier molecular flexibility index (Phi) is 6.89. The van der Waals surface area contributed by atoms with Crippen LogP contribution in [0.15, 0.2) is 17.5 Å². The third-order valence-electron chi connectivity index (χ3n) is 2.52. The lowest BCUT2D eigenvalue weighted by molar-refractivity contribution is -0.143. The van der Waals surface area contributed by atoms with Gasteiger partial charge in [0.15, 0.2) is 0 Å². The van der Waals surface area contributed by atoms with E-state index in [2.05, 4.69) is 19.2 Å². The van der Waals surface area contributed by atoms with Crippen LogP contribution in [0.2, 0.25) is 0 Å². The Hall–Kier alpha value is -0.870. The van der Waals surface area contributed by atoms with E-state index in [4.69, 9.17) is 4.74 Å². The van der Waals surface area contributed by atoms with Gasteiger partial charge in [-0.25, -0.2) is 0 Å². The molecule has 3 nitrogen and oxygen atoms in total. The highest BCUT2D eigenvalue weighted by atomic mass is 32.1. The average Bonchev–Trinajstić information content (AvgIpc) is 2.82. The maximum Gasteiger partial charge on any atom is 0.311 e. The number of esters is 1. The molecule has 0 saturated carbocycles. The molecule has 96 valence electrons. The van der Waals surface area contributed by atoms with Crippen LogP contribution >= 0.6 is 11.3 Å². The second kappa shape index (κ2) is 8.25. The van der Waals surface area contributed by atoms with E-state index in [-0.39, 0.29) is 12.0 Å². The van der Waals surface area contributed by atoms with Crippen LogP contribution in [0.5, 0.6) is 0 Å². The van der Waals surface area contributed by atoms with E-state index in [0.29, 0.717) is 13.0 Å². The molecule has 1 rings (SSSR count). The SMILES string of the molecule is CCCNC(CC)COC(=O)Cc1cccs1. The van der Waals surface area contributed by atoms with Crippen LogP contribution in [0.25, 0.3) is 0 Å². The first kappa shape index (κ1) is 14.2. The number of hydrogen-bond acceptors (Lipinski definition) is 4. The van der Waals surface area contributed by atoms with Gasteiger partial charge in [-0.3, -0.25) is 4.79 Å². The molecule has 1 aromatic rings. The Morgan fingerprint density at radius 1 is 1.53 bits per heavy atom. The molecule has 0 aliphatic rings. The first-order valence-corrected chi connectivity index (χ1v) is 7.05. The Labute approximate surface area is 107 Å². The Balaban J connectivity index is 2.21. The minimum absolute atomic E-state index is 0.135. The molecule has 4 heteroatoms. The van der Waals surface area contributed by atoms with Crippen molar-refractivity contribution in [2.24, 2.45) is 0 Å². The second-order valence-electron chi connectivity index (χ2n) is 4.00. The van der Waals surface area contributed by atoms with E-state index >= 15 is 0 Å². The molecule has 0 saturated heterocycles. The van der Waals surface area contributed by atoms with Crippen molar-refractivity contribution in [3.05, 3.63) is 22.4 Å². The van der Waals surface area contributed by atoms with E-state index in [0.717, 1.165) is 24.3 Å². The van der Waals surface area contributed by atoms with Crippen LogP contribution in [-0.2, 0) is 16.0 Å². The molecule has 1 heterocycles. The van der Waals surface area contributed by atoms with Crippen molar-refractivity contribution in [2.75, 3.05) is 13.2 Å². The van der Waals surface area contributed by atoms with E-state index < -0.39 is 0 Å². The highest BCUT2D eigenvalue weighted by Crippen LogP contribution is 2.09. The van der Waals surface area contributed by atoms with Gasteiger partial charge in [-0.05, 0) is 30.8 Å². The maximum absolute atomic E-state index is 11.6. The highest BCUT2D eigenvalue weighted by Gasteiger charge is 2.10. The van der Waals surface area contributed by atoms with Gasteiger partial charge in [-0.2, -0.15) is 0 Å². The van der Waals surface area contributed by atoms with Crippen molar-refractivity contribution in [1.82, 2.24) is 5.32 Å². The molecule has 17 heavy (non-hydrogen) atoms. The van der Waals surface area contributed by atoms with Gasteiger partial charge in [0.25, 0.3) is 0 Å². The third-order valence-corrected chi connectivity index (χ3v) is 3.40. The first-order chi connectivity index (χ1) is 8.26. The van der Waals surface area contributed by atoms with E-state index in [1.54, 1.807) is 11.3 Å². The smallest absolute Gasteiger partial charge is 0.311 e. The van der Waals surface area contributed by atoms with Crippen molar-refractivity contribution in [3.8, 4) is 0 Å². The summed E-state index contributed by atoms with van der Waals surface area (Å²) in [5.74, 6) is -0.135. The van der Waals surface area contributed by atoms with Crippen LogP contribution in [0, 0.1) is 0 Å². The molecule has 1 atom stereocenters. The summed E-state index contributed by atoms with van der Waals surface area (Å²) >= 11 is 1.59. The van der Waals surface area contributed by atoms with Crippen LogP contribution < -0.4 is 5.32 Å². The van der Waals surface area contributed by atoms with Gasteiger partial charge < -0.3 is 10.1 Å². The molecule has 0 aliphatic carbocycles. The molecule has 0 aromatic carbocycles. The minimum Gasteiger partial charge on any atom is -0.464 e. The van der Waals surface area contributed by atoms with Crippen molar-refractivity contribution in [3.63, 3.8) is 0 Å². The molecule has 1 N–H and O–H groups in total. The molecular formula is C13H21NO2S. The molecule has 1 unspecified atom stereocenters. The Morgan fingerprint density at radius 3 is 2.94 bits per heavy atom. The zero-order valence-electron chi connectivity index (χ0n) is 10.6. The van der Waals surface area contributed by atoms with E-state index in [1.807, 2.05) is 17.5 Å². The number of carbonyl (C=O) groups excluding carboxylic acids is 1. The highest BCUT2D eigenvalue weighted by molar-refractivity contribution is 7.10. The van der Waals surface area contributed by atoms with Gasteiger partial charge in [0.1, 0.15) is 6.61 Å². The summed E-state index contributed by atoms with van der Waals surface area (Å²) in [7, 11) is 0. The fourth-order valence-corrected chi connectivity index (χ4v) is 2.16. The summed E-state index contributed by atoms with van der Waals surface area (Å²) in [6, 6.07) is 4.19. The standard InChI is InChI=1S/C13H21NO2S/c1-3-7-14-11(4-2)10-16-13(15)9-12-6-5-8-17-12/h5-6,8,11,14H,3-4,7,9-10H2,1-2H3. The van der Waals surface area contributed by atoms with Crippen molar-refractivity contribution in [2.45, 2.75) is 39.2 Å². The molecule has 0 spiro atoms. The Bertz CT molecular complexity index is 311. The number of thiophene rings is 1. The van der Waals surface area contributed by atoms with Crippen molar-refractivity contribution < 1.29 is 9.53 Å². The van der Waals surface area contributed by atoms with E-state index in [1.165, 1.54) is 0 Å². The monoisotopic (exact) mass is 255 g/mol. The summed E-state index contributed by atoms with van der Waals surface area (Å²) in [4.78, 5) is 12.6. The molecule has 0 radical (unpaired) electrons. The minimum atomic E-state index is -0.135. The number of carbonyl (C=O) groups is 1. The Morgan fingerprint density at radius 2 is 2.35 bits per heavy atom. The summed E-state index contributed by atoms with van der Waals surface area (Å²) in [6.07, 6.45) is 2.47. The van der Waals surface area contributed by atoms with Crippen molar-refractivity contribution in [1.29, 1.82) is 0 Å². The maximum atomic E-state index is 11.6. The van der Waals surface area contributed by atoms with Gasteiger partial charge in [0.2, 0.25) is 0 Å². The van der Waals surface area contributed by atoms with E-state index in [9.17, 15) is 4.79 Å². The summed E-state index contributed by atoms with van der Waals surface area (Å²) in [5, 5.41) is 5.33. The molecule has 1 aromatic heterocycles. The average molecular weight is 255 g/mol. The van der Waals surface area contributed by atoms with Gasteiger partial charge >= 0.3 is 5.97 Å². The van der Waals surface area contributed by atoms with Gasteiger partial charge in [0, 0.05) is 10.9 Å². The predicted octanol–water partition coefficient (Wildman–Crippen LogP) is 2.61. The molecule has 0 amide bonds. The number of nitrogens with one attached hydrogen (secondary N) is 1. The van der Waals surface area contributed by atoms with Crippen LogP contribution in [0.1, 0.15) is 31.6 Å². The number of rotatable bonds is 8. The normalized spacial score (nSPS) is 12.4. The van der Waals surface area contributed by atoms with Gasteiger partial charge in [-0.1, -0.05) is 19.9 Å². The van der Waals surface area contributed by atoms with Crippen LogP contribution in [-0.4, -0.2) is 25.2 Å². The van der Waals surface area contributed by atoms with Crippen LogP contribution in [0.4, 0.5) is 0 Å². The summed E-state index contributed by atoms with van der Waals surface area (Å²) in [6.45, 7) is 5.67. The fourth-order valence-electron chi connectivity index (χ4n) is 1.47. The zero-order valence-corrected chi connectivity index (χ0v) is 11.4. The third kappa shape index (κ3) is 5.84. The van der Waals surface area contributed by atoms with Crippen molar-refractivity contribution >= 4 is 17.3 Å². The topological polar surface area (TPSA) is 38.3 Å².